The van der Waals surface area contributed by atoms with Gasteiger partial charge in [-0.1, -0.05) is 13.8 Å². The van der Waals surface area contributed by atoms with E-state index < -0.39 is 11.6 Å². The molecule has 1 aliphatic heterocycles. The number of halogens is 2. The van der Waals surface area contributed by atoms with Gasteiger partial charge in [-0.15, -0.1) is 0 Å². The van der Waals surface area contributed by atoms with E-state index in [0.29, 0.717) is 31.2 Å². The summed E-state index contributed by atoms with van der Waals surface area (Å²) in [6.07, 6.45) is 2.19. The zero-order valence-electron chi connectivity index (χ0n) is 13.0. The predicted octanol–water partition coefficient (Wildman–Crippen LogP) is 2.26. The smallest absolute Gasteiger partial charge is 0.242 e. The van der Waals surface area contributed by atoms with Crippen molar-refractivity contribution < 1.29 is 13.6 Å². The number of benzene rings is 1. The summed E-state index contributed by atoms with van der Waals surface area (Å²) < 4.78 is 26.7. The van der Waals surface area contributed by atoms with Gasteiger partial charge in [0.1, 0.15) is 11.9 Å². The molecule has 1 aromatic heterocycles. The number of amides is 1. The van der Waals surface area contributed by atoms with Crippen LogP contribution in [0.2, 0.25) is 0 Å². The van der Waals surface area contributed by atoms with Crippen molar-refractivity contribution in [1.29, 1.82) is 0 Å². The third kappa shape index (κ3) is 3.09. The van der Waals surface area contributed by atoms with E-state index in [1.165, 1.54) is 6.20 Å². The Labute approximate surface area is 132 Å². The molecule has 0 radical (unpaired) electrons. The van der Waals surface area contributed by atoms with E-state index in [4.69, 9.17) is 0 Å². The van der Waals surface area contributed by atoms with Crippen LogP contribution in [0.25, 0.3) is 11.0 Å². The molecule has 122 valence electrons. The summed E-state index contributed by atoms with van der Waals surface area (Å²) in [5, 5.41) is 2.85. The minimum atomic E-state index is -0.959. The lowest BCUT2D eigenvalue weighted by atomic mass is 10.00. The Balaban J connectivity index is 1.99. The maximum absolute atomic E-state index is 13.4. The standard InChI is InChI=1S/C16H18F2N4O/c1-9(2)5-14-16(23)19-3-4-22(14)15-8-20-12-6-10(17)11(18)7-13(12)21-15/h6-9,14H,3-5H2,1-2H3,(H,19,23). The summed E-state index contributed by atoms with van der Waals surface area (Å²) >= 11 is 0. The van der Waals surface area contributed by atoms with Crippen LogP contribution >= 0.6 is 0 Å². The monoisotopic (exact) mass is 320 g/mol. The molecule has 0 saturated carbocycles. The van der Waals surface area contributed by atoms with Crippen LogP contribution in [0, 0.1) is 17.6 Å². The van der Waals surface area contributed by atoms with Gasteiger partial charge in [-0.3, -0.25) is 9.78 Å². The first kappa shape index (κ1) is 15.6. The van der Waals surface area contributed by atoms with Crippen molar-refractivity contribution in [1.82, 2.24) is 15.3 Å². The second kappa shape index (κ2) is 6.06. The molecule has 0 bridgehead atoms. The molecule has 2 heterocycles. The number of anilines is 1. The van der Waals surface area contributed by atoms with Gasteiger partial charge in [-0.2, -0.15) is 0 Å². The molecule has 1 saturated heterocycles. The van der Waals surface area contributed by atoms with Crippen LogP contribution in [0.5, 0.6) is 0 Å². The lowest BCUT2D eigenvalue weighted by Crippen LogP contribution is -2.56. The van der Waals surface area contributed by atoms with Gasteiger partial charge >= 0.3 is 0 Å². The summed E-state index contributed by atoms with van der Waals surface area (Å²) in [4.78, 5) is 22.6. The van der Waals surface area contributed by atoms with Crippen molar-refractivity contribution in [3.8, 4) is 0 Å². The van der Waals surface area contributed by atoms with Gasteiger partial charge in [0.05, 0.1) is 17.2 Å². The van der Waals surface area contributed by atoms with Gasteiger partial charge in [-0.25, -0.2) is 13.8 Å². The Kier molecular flexibility index (Phi) is 4.11. The quantitative estimate of drug-likeness (QED) is 0.942. The molecular weight excluding hydrogens is 302 g/mol. The number of rotatable bonds is 3. The van der Waals surface area contributed by atoms with Gasteiger partial charge in [0, 0.05) is 25.2 Å². The molecule has 1 N–H and O–H groups in total. The highest BCUT2D eigenvalue weighted by atomic mass is 19.2. The van der Waals surface area contributed by atoms with Crippen LogP contribution < -0.4 is 10.2 Å². The van der Waals surface area contributed by atoms with Crippen molar-refractivity contribution in [3.63, 3.8) is 0 Å². The summed E-state index contributed by atoms with van der Waals surface area (Å²) in [6, 6.07) is 1.72. The fraction of sp³-hybridized carbons (Fsp3) is 0.438. The van der Waals surface area contributed by atoms with E-state index >= 15 is 0 Å². The van der Waals surface area contributed by atoms with Crippen molar-refractivity contribution in [2.45, 2.75) is 26.3 Å². The van der Waals surface area contributed by atoms with Crippen LogP contribution in [0.3, 0.4) is 0 Å². The van der Waals surface area contributed by atoms with Crippen LogP contribution in [0.4, 0.5) is 14.6 Å². The zero-order chi connectivity index (χ0) is 16.6. The number of fused-ring (bicyclic) bond motifs is 1. The van der Waals surface area contributed by atoms with Gasteiger partial charge in [-0.05, 0) is 12.3 Å². The Bertz CT molecular complexity index is 750. The number of nitrogens with zero attached hydrogens (tertiary/aromatic N) is 3. The summed E-state index contributed by atoms with van der Waals surface area (Å²) in [5.74, 6) is -1.11. The van der Waals surface area contributed by atoms with Crippen LogP contribution in [0.1, 0.15) is 20.3 Å². The second-order valence-electron chi connectivity index (χ2n) is 6.11. The first-order valence-electron chi connectivity index (χ1n) is 7.62. The van der Waals surface area contributed by atoms with Gasteiger partial charge in [0.2, 0.25) is 5.91 Å². The highest BCUT2D eigenvalue weighted by Gasteiger charge is 2.31. The minimum absolute atomic E-state index is 0.0443. The minimum Gasteiger partial charge on any atom is -0.353 e. The fourth-order valence-electron chi connectivity index (χ4n) is 2.81. The Morgan fingerprint density at radius 3 is 2.70 bits per heavy atom. The molecule has 1 amide bonds. The Morgan fingerprint density at radius 1 is 1.30 bits per heavy atom. The van der Waals surface area contributed by atoms with Crippen LogP contribution in [-0.4, -0.2) is 35.0 Å². The van der Waals surface area contributed by atoms with Crippen LogP contribution in [-0.2, 0) is 4.79 Å². The van der Waals surface area contributed by atoms with Crippen molar-refractivity contribution in [3.05, 3.63) is 30.0 Å². The first-order chi connectivity index (χ1) is 11.0. The third-order valence-corrected chi connectivity index (χ3v) is 3.89. The second-order valence-corrected chi connectivity index (χ2v) is 6.11. The molecule has 1 fully saturated rings. The number of hydrogen-bond acceptors (Lipinski definition) is 4. The highest BCUT2D eigenvalue weighted by Crippen LogP contribution is 2.23. The van der Waals surface area contributed by atoms with Gasteiger partial charge in [0.15, 0.2) is 11.6 Å². The fourth-order valence-corrected chi connectivity index (χ4v) is 2.81. The van der Waals surface area contributed by atoms with Crippen molar-refractivity contribution in [2.75, 3.05) is 18.0 Å². The zero-order valence-corrected chi connectivity index (χ0v) is 13.0. The normalized spacial score (nSPS) is 18.6. The molecular formula is C16H18F2N4O. The SMILES string of the molecule is CC(C)CC1C(=O)NCCN1c1cnc2cc(F)c(F)cc2n1. The lowest BCUT2D eigenvalue weighted by Gasteiger charge is -2.36. The molecule has 3 rings (SSSR count). The molecule has 0 spiro atoms. The molecule has 1 atom stereocenters. The van der Waals surface area contributed by atoms with E-state index in [2.05, 4.69) is 15.3 Å². The molecule has 1 aliphatic rings. The van der Waals surface area contributed by atoms with Gasteiger partial charge in [0.25, 0.3) is 0 Å². The molecule has 5 nitrogen and oxygen atoms in total. The molecule has 0 aliphatic carbocycles. The number of piperazine rings is 1. The summed E-state index contributed by atoms with van der Waals surface area (Å²) in [7, 11) is 0. The van der Waals surface area contributed by atoms with Crippen molar-refractivity contribution >= 4 is 22.8 Å². The van der Waals surface area contributed by atoms with Crippen molar-refractivity contribution in [2.24, 2.45) is 5.92 Å². The average molecular weight is 320 g/mol. The molecule has 2 aromatic rings. The van der Waals surface area contributed by atoms with E-state index in [1.807, 2.05) is 18.7 Å². The van der Waals surface area contributed by atoms with E-state index in [0.717, 1.165) is 12.1 Å². The van der Waals surface area contributed by atoms with E-state index in [1.54, 1.807) is 0 Å². The Morgan fingerprint density at radius 2 is 2.00 bits per heavy atom. The maximum Gasteiger partial charge on any atom is 0.242 e. The number of carbonyl (C=O) groups excluding carboxylic acids is 1. The summed E-state index contributed by atoms with van der Waals surface area (Å²) in [6.45, 7) is 5.21. The third-order valence-electron chi connectivity index (χ3n) is 3.89. The maximum atomic E-state index is 13.4. The average Bonchev–Trinajstić information content (AvgIpc) is 2.50. The molecule has 1 aromatic carbocycles. The number of aromatic nitrogens is 2. The highest BCUT2D eigenvalue weighted by molar-refractivity contribution is 5.86. The van der Waals surface area contributed by atoms with E-state index in [9.17, 15) is 13.6 Å². The number of carbonyl (C=O) groups is 1. The van der Waals surface area contributed by atoms with Gasteiger partial charge < -0.3 is 10.2 Å². The molecule has 1 unspecified atom stereocenters. The van der Waals surface area contributed by atoms with Crippen LogP contribution in [0.15, 0.2) is 18.3 Å². The summed E-state index contributed by atoms with van der Waals surface area (Å²) in [5.41, 5.74) is 0.560. The van der Waals surface area contributed by atoms with E-state index in [-0.39, 0.29) is 23.0 Å². The topological polar surface area (TPSA) is 58.1 Å². The Hall–Kier alpha value is -2.31. The number of hydrogen-bond donors (Lipinski definition) is 1. The predicted molar refractivity (Wildman–Crippen MR) is 83.1 cm³/mol. The number of nitrogens with one attached hydrogen (secondary N) is 1. The molecule has 23 heavy (non-hydrogen) atoms. The lowest BCUT2D eigenvalue weighted by molar-refractivity contribution is -0.123. The largest absolute Gasteiger partial charge is 0.353 e. The molecule has 7 heteroatoms. The first-order valence-corrected chi connectivity index (χ1v) is 7.62.